The van der Waals surface area contributed by atoms with Crippen molar-refractivity contribution >= 4 is 34.7 Å². The van der Waals surface area contributed by atoms with E-state index < -0.39 is 5.91 Å². The summed E-state index contributed by atoms with van der Waals surface area (Å²) < 4.78 is 2.20. The van der Waals surface area contributed by atoms with Crippen molar-refractivity contribution in [3.8, 4) is 6.07 Å². The molecule has 1 heterocycles. The molecule has 0 saturated heterocycles. The van der Waals surface area contributed by atoms with Crippen molar-refractivity contribution < 1.29 is 9.59 Å². The average molecular weight is 425 g/mol. The SMILES string of the molecule is Cc1cc(/C=C(/C#N)C(=O)Nc2ccc(SC(=O)N(C)C)cc2)c(C)n1CC(C)C. The summed E-state index contributed by atoms with van der Waals surface area (Å²) in [4.78, 5) is 26.6. The van der Waals surface area contributed by atoms with Gasteiger partial charge in [0, 0.05) is 42.6 Å². The summed E-state index contributed by atoms with van der Waals surface area (Å²) in [5.41, 5.74) is 3.61. The van der Waals surface area contributed by atoms with E-state index in [1.54, 1.807) is 44.4 Å². The smallest absolute Gasteiger partial charge is 0.285 e. The van der Waals surface area contributed by atoms with Gasteiger partial charge in [-0.1, -0.05) is 13.8 Å². The van der Waals surface area contributed by atoms with Gasteiger partial charge in [-0.25, -0.2) is 0 Å². The molecule has 0 aliphatic carbocycles. The summed E-state index contributed by atoms with van der Waals surface area (Å²) in [7, 11) is 3.39. The van der Waals surface area contributed by atoms with E-state index in [-0.39, 0.29) is 10.8 Å². The molecule has 1 aromatic carbocycles. The van der Waals surface area contributed by atoms with E-state index in [4.69, 9.17) is 0 Å². The number of carbonyl (C=O) groups is 2. The van der Waals surface area contributed by atoms with Crippen molar-refractivity contribution in [2.45, 2.75) is 39.1 Å². The maximum atomic E-state index is 12.6. The predicted octanol–water partition coefficient (Wildman–Crippen LogP) is 5.08. The number of hydrogen-bond donors (Lipinski definition) is 1. The molecule has 0 bridgehead atoms. The van der Waals surface area contributed by atoms with E-state index in [0.29, 0.717) is 11.6 Å². The molecule has 1 aromatic heterocycles. The third-order valence-electron chi connectivity index (χ3n) is 4.51. The van der Waals surface area contributed by atoms with Crippen LogP contribution in [0.5, 0.6) is 0 Å². The molecular weight excluding hydrogens is 396 g/mol. The third kappa shape index (κ3) is 6.01. The van der Waals surface area contributed by atoms with Crippen LogP contribution in [0.15, 0.2) is 40.8 Å². The van der Waals surface area contributed by atoms with Crippen molar-refractivity contribution in [3.63, 3.8) is 0 Å². The molecule has 0 spiro atoms. The highest BCUT2D eigenvalue weighted by Crippen LogP contribution is 2.23. The van der Waals surface area contributed by atoms with E-state index in [0.717, 1.165) is 40.2 Å². The van der Waals surface area contributed by atoms with Gasteiger partial charge in [0.05, 0.1) is 0 Å². The van der Waals surface area contributed by atoms with Crippen molar-refractivity contribution in [3.05, 3.63) is 52.9 Å². The van der Waals surface area contributed by atoms with Gasteiger partial charge in [0.1, 0.15) is 11.6 Å². The van der Waals surface area contributed by atoms with Crippen LogP contribution >= 0.6 is 11.8 Å². The van der Waals surface area contributed by atoms with Gasteiger partial charge in [-0.15, -0.1) is 0 Å². The Labute approximate surface area is 182 Å². The number of anilines is 1. The lowest BCUT2D eigenvalue weighted by atomic mass is 10.1. The van der Waals surface area contributed by atoms with Gasteiger partial charge in [-0.05, 0) is 73.5 Å². The zero-order chi connectivity index (χ0) is 22.4. The fourth-order valence-electron chi connectivity index (χ4n) is 2.92. The Kier molecular flexibility index (Phi) is 7.90. The van der Waals surface area contributed by atoms with Crippen LogP contribution in [0.3, 0.4) is 0 Å². The van der Waals surface area contributed by atoms with Crippen LogP contribution in [0.25, 0.3) is 6.08 Å². The zero-order valence-electron chi connectivity index (χ0n) is 18.3. The van der Waals surface area contributed by atoms with Gasteiger partial charge >= 0.3 is 0 Å². The Morgan fingerprint density at radius 2 is 1.87 bits per heavy atom. The fraction of sp³-hybridized carbons (Fsp3) is 0.348. The molecule has 30 heavy (non-hydrogen) atoms. The Balaban J connectivity index is 2.16. The number of hydrogen-bond acceptors (Lipinski definition) is 4. The summed E-state index contributed by atoms with van der Waals surface area (Å²) in [5, 5.41) is 12.2. The normalized spacial score (nSPS) is 11.3. The number of carbonyl (C=O) groups excluding carboxylic acids is 2. The van der Waals surface area contributed by atoms with E-state index in [2.05, 4.69) is 23.7 Å². The zero-order valence-corrected chi connectivity index (χ0v) is 19.1. The van der Waals surface area contributed by atoms with E-state index in [1.807, 2.05) is 26.0 Å². The molecule has 0 atom stereocenters. The Hall–Kier alpha value is -2.98. The molecule has 0 unspecified atom stereocenters. The van der Waals surface area contributed by atoms with Crippen LogP contribution in [0.2, 0.25) is 0 Å². The highest BCUT2D eigenvalue weighted by molar-refractivity contribution is 8.13. The average Bonchev–Trinajstić information content (AvgIpc) is 2.94. The van der Waals surface area contributed by atoms with Crippen LogP contribution in [0.4, 0.5) is 10.5 Å². The van der Waals surface area contributed by atoms with Crippen LogP contribution in [-0.2, 0) is 11.3 Å². The summed E-state index contributed by atoms with van der Waals surface area (Å²) in [6.45, 7) is 9.23. The van der Waals surface area contributed by atoms with E-state index in [1.165, 1.54) is 4.90 Å². The summed E-state index contributed by atoms with van der Waals surface area (Å²) in [5.74, 6) is 0.0375. The van der Waals surface area contributed by atoms with E-state index in [9.17, 15) is 14.9 Å². The number of thioether (sulfide) groups is 1. The molecule has 0 radical (unpaired) electrons. The molecule has 2 rings (SSSR count). The van der Waals surface area contributed by atoms with E-state index >= 15 is 0 Å². The van der Waals surface area contributed by atoms with Gasteiger partial charge < -0.3 is 14.8 Å². The number of nitrogens with zero attached hydrogens (tertiary/aromatic N) is 3. The first kappa shape index (κ1) is 23.3. The highest BCUT2D eigenvalue weighted by Gasteiger charge is 2.14. The maximum Gasteiger partial charge on any atom is 0.285 e. The topological polar surface area (TPSA) is 78.1 Å². The minimum absolute atomic E-state index is 0.0426. The van der Waals surface area contributed by atoms with Crippen LogP contribution in [0, 0.1) is 31.1 Å². The maximum absolute atomic E-state index is 12.6. The fourth-order valence-corrected chi connectivity index (χ4v) is 3.58. The molecule has 6 nitrogen and oxygen atoms in total. The van der Waals surface area contributed by atoms with Crippen molar-refractivity contribution in [1.82, 2.24) is 9.47 Å². The van der Waals surface area contributed by atoms with Crippen molar-refractivity contribution in [2.75, 3.05) is 19.4 Å². The number of nitrogens with one attached hydrogen (secondary N) is 1. The number of rotatable bonds is 6. The first-order valence-corrected chi connectivity index (χ1v) is 10.5. The second kappa shape index (κ2) is 10.2. The summed E-state index contributed by atoms with van der Waals surface area (Å²) in [6, 6.07) is 11.0. The second-order valence-corrected chi connectivity index (χ2v) is 8.77. The third-order valence-corrected chi connectivity index (χ3v) is 5.56. The van der Waals surface area contributed by atoms with Gasteiger partial charge in [0.2, 0.25) is 0 Å². The molecule has 2 aromatic rings. The Morgan fingerprint density at radius 1 is 1.23 bits per heavy atom. The Bertz CT molecular complexity index is 995. The van der Waals surface area contributed by atoms with Crippen LogP contribution < -0.4 is 5.32 Å². The Morgan fingerprint density at radius 3 is 2.40 bits per heavy atom. The minimum Gasteiger partial charge on any atom is -0.348 e. The van der Waals surface area contributed by atoms with Crippen LogP contribution in [-0.4, -0.2) is 34.7 Å². The largest absolute Gasteiger partial charge is 0.348 e. The quantitative estimate of drug-likeness (QED) is 0.398. The molecule has 7 heteroatoms. The van der Waals surface area contributed by atoms with Crippen molar-refractivity contribution in [2.24, 2.45) is 5.92 Å². The molecular formula is C23H28N4O2S. The second-order valence-electron chi connectivity index (χ2n) is 7.74. The monoisotopic (exact) mass is 424 g/mol. The molecule has 0 aliphatic rings. The number of benzene rings is 1. The minimum atomic E-state index is -0.462. The predicted molar refractivity (Wildman–Crippen MR) is 122 cm³/mol. The molecule has 2 amide bonds. The number of nitriles is 1. The van der Waals surface area contributed by atoms with Crippen LogP contribution in [0.1, 0.15) is 30.8 Å². The lowest BCUT2D eigenvalue weighted by Crippen LogP contribution is -2.16. The molecule has 0 saturated carbocycles. The van der Waals surface area contributed by atoms with Gasteiger partial charge in [0.25, 0.3) is 11.1 Å². The first-order chi connectivity index (χ1) is 14.1. The number of aromatic nitrogens is 1. The molecule has 158 valence electrons. The lowest BCUT2D eigenvalue weighted by Gasteiger charge is -2.12. The summed E-state index contributed by atoms with van der Waals surface area (Å²) >= 11 is 1.11. The lowest BCUT2D eigenvalue weighted by molar-refractivity contribution is -0.112. The van der Waals surface area contributed by atoms with Crippen molar-refractivity contribution in [1.29, 1.82) is 5.26 Å². The summed E-state index contributed by atoms with van der Waals surface area (Å²) in [6.07, 6.45) is 1.63. The number of amides is 2. The first-order valence-electron chi connectivity index (χ1n) is 9.71. The molecule has 0 aliphatic heterocycles. The highest BCUT2D eigenvalue weighted by atomic mass is 32.2. The molecule has 0 fully saturated rings. The van der Waals surface area contributed by atoms with Gasteiger partial charge in [0.15, 0.2) is 0 Å². The standard InChI is InChI=1S/C23H28N4O2S/c1-15(2)14-27-16(3)11-18(17(27)4)12-19(13-24)22(28)25-20-7-9-21(10-8-20)30-23(29)26(5)6/h7-12,15H,14H2,1-6H3,(H,25,28)/b19-12-. The van der Waals surface area contributed by atoms with Gasteiger partial charge in [-0.3, -0.25) is 9.59 Å². The number of aryl methyl sites for hydroxylation is 1. The van der Waals surface area contributed by atoms with Gasteiger partial charge in [-0.2, -0.15) is 5.26 Å². The molecule has 1 N–H and O–H groups in total.